The number of nitrogens with zero attached hydrogens (tertiary/aromatic N) is 5. The van der Waals surface area contributed by atoms with E-state index < -0.39 is 10.0 Å². The third kappa shape index (κ3) is 4.93. The smallest absolute Gasteiger partial charge is 0.246 e. The summed E-state index contributed by atoms with van der Waals surface area (Å²) >= 11 is 18.3. The van der Waals surface area contributed by atoms with Crippen molar-refractivity contribution in [3.63, 3.8) is 0 Å². The lowest BCUT2D eigenvalue weighted by molar-refractivity contribution is 0.317. The number of pyridine rings is 1. The van der Waals surface area contributed by atoms with Gasteiger partial charge in [-0.15, -0.1) is 0 Å². The van der Waals surface area contributed by atoms with Gasteiger partial charge in [-0.2, -0.15) is 13.9 Å². The average molecular weight is 562 g/mol. The molecule has 5 rings (SSSR count). The quantitative estimate of drug-likeness (QED) is 0.357. The van der Waals surface area contributed by atoms with Crippen LogP contribution in [-0.2, 0) is 16.6 Å². The number of hydrogen-bond acceptors (Lipinski definition) is 6. The first-order chi connectivity index (χ1) is 17.2. The van der Waals surface area contributed by atoms with Gasteiger partial charge in [0.2, 0.25) is 10.0 Å². The maximum absolute atomic E-state index is 13.3. The second-order valence-electron chi connectivity index (χ2n) is 8.49. The van der Waals surface area contributed by atoms with Crippen molar-refractivity contribution >= 4 is 69.6 Å². The molecule has 0 bridgehead atoms. The Hall–Kier alpha value is -2.37. The van der Waals surface area contributed by atoms with Gasteiger partial charge in [0, 0.05) is 60.9 Å². The van der Waals surface area contributed by atoms with Crippen molar-refractivity contribution in [1.82, 2.24) is 23.9 Å². The highest BCUT2D eigenvalue weighted by molar-refractivity contribution is 7.89. The van der Waals surface area contributed by atoms with E-state index in [1.54, 1.807) is 23.1 Å². The third-order valence-corrected chi connectivity index (χ3v) is 9.19. The molecule has 1 N–H and O–H groups in total. The van der Waals surface area contributed by atoms with Gasteiger partial charge >= 0.3 is 0 Å². The summed E-state index contributed by atoms with van der Waals surface area (Å²) < 4.78 is 29.7. The lowest BCUT2D eigenvalue weighted by Crippen LogP contribution is -2.38. The molecule has 0 aliphatic carbocycles. The van der Waals surface area contributed by atoms with Gasteiger partial charge in [-0.25, -0.2) is 13.4 Å². The van der Waals surface area contributed by atoms with Crippen LogP contribution in [0.5, 0.6) is 0 Å². The van der Waals surface area contributed by atoms with Crippen molar-refractivity contribution in [2.75, 3.05) is 18.4 Å². The van der Waals surface area contributed by atoms with E-state index in [2.05, 4.69) is 15.4 Å². The van der Waals surface area contributed by atoms with Crippen LogP contribution in [0.4, 0.5) is 5.82 Å². The van der Waals surface area contributed by atoms with E-state index in [-0.39, 0.29) is 25.9 Å². The summed E-state index contributed by atoms with van der Waals surface area (Å²) in [7, 11) is 2.24. The number of nitrogens with one attached hydrogen (secondary N) is 1. The molecule has 0 spiro atoms. The molecule has 2 radical (unpaired) electrons. The van der Waals surface area contributed by atoms with E-state index >= 15 is 0 Å². The first-order valence-corrected chi connectivity index (χ1v) is 13.7. The molecule has 8 nitrogen and oxygen atoms in total. The Morgan fingerprint density at radius 3 is 2.47 bits per heavy atom. The Kier molecular flexibility index (Phi) is 7.15. The predicted octanol–water partition coefficient (Wildman–Crippen LogP) is 4.06. The Balaban J connectivity index is 1.37. The molecule has 3 aromatic heterocycles. The second-order valence-corrected chi connectivity index (χ2v) is 11.6. The third-order valence-electron chi connectivity index (χ3n) is 6.15. The highest BCUT2D eigenvalue weighted by atomic mass is 35.5. The molecule has 36 heavy (non-hydrogen) atoms. The number of aromatic nitrogens is 4. The van der Waals surface area contributed by atoms with Crippen molar-refractivity contribution < 1.29 is 8.42 Å². The molecule has 1 aliphatic heterocycles. The molecule has 184 valence electrons. The fourth-order valence-electron chi connectivity index (χ4n) is 4.33. The first kappa shape index (κ1) is 25.3. The van der Waals surface area contributed by atoms with Crippen molar-refractivity contribution in [3.8, 4) is 0 Å². The minimum atomic E-state index is -3.89. The lowest BCUT2D eigenvalue weighted by Gasteiger charge is -2.31. The van der Waals surface area contributed by atoms with Crippen LogP contribution in [0, 0.1) is 0 Å². The van der Waals surface area contributed by atoms with Crippen LogP contribution < -0.4 is 10.8 Å². The fraction of sp³-hybridized carbons (Fsp3) is 0.261. The van der Waals surface area contributed by atoms with Gasteiger partial charge in [0.15, 0.2) is 0 Å². The Morgan fingerprint density at radius 2 is 1.81 bits per heavy atom. The zero-order chi connectivity index (χ0) is 25.4. The van der Waals surface area contributed by atoms with E-state index in [1.807, 2.05) is 18.2 Å². The number of rotatable bonds is 6. The summed E-state index contributed by atoms with van der Waals surface area (Å²) in [6.07, 6.45) is 6.22. The van der Waals surface area contributed by atoms with E-state index in [1.165, 1.54) is 16.4 Å². The SMILES string of the molecule is [B]c1cnn2c(NCc3cccnc3)cc(C3CCN(S(=O)(=O)c4c(Cl)cc(Cl)cc4Cl)CC3)nc12. The van der Waals surface area contributed by atoms with Gasteiger partial charge in [0.05, 0.1) is 10.0 Å². The standard InChI is InChI=1S/C23H20BCl3N6O2S/c24-17-13-30-33-21(29-12-14-2-1-5-28-11-14)10-20(31-23(17)33)15-3-6-32(7-4-15)36(34,35)22-18(26)8-16(25)9-19(22)27/h1-2,5,8-11,13,15,29H,3-4,6-7,12H2. The van der Waals surface area contributed by atoms with E-state index in [0.717, 1.165) is 17.1 Å². The highest BCUT2D eigenvalue weighted by Crippen LogP contribution is 2.37. The van der Waals surface area contributed by atoms with Gasteiger partial charge < -0.3 is 5.32 Å². The lowest BCUT2D eigenvalue weighted by atomic mass is 9.94. The predicted molar refractivity (Wildman–Crippen MR) is 142 cm³/mol. The molecular weight excluding hydrogens is 542 g/mol. The van der Waals surface area contributed by atoms with Gasteiger partial charge in [-0.05, 0) is 42.1 Å². The van der Waals surface area contributed by atoms with Crippen molar-refractivity contribution in [2.45, 2.75) is 30.2 Å². The second kappa shape index (κ2) is 10.2. The van der Waals surface area contributed by atoms with E-state index in [9.17, 15) is 8.42 Å². The number of halogens is 3. The molecular formula is C23H20BCl3N6O2S. The van der Waals surface area contributed by atoms with E-state index in [0.29, 0.717) is 43.6 Å². The number of fused-ring (bicyclic) bond motifs is 1. The van der Waals surface area contributed by atoms with E-state index in [4.69, 9.17) is 47.6 Å². The normalized spacial score (nSPS) is 15.4. The first-order valence-electron chi connectivity index (χ1n) is 11.2. The summed E-state index contributed by atoms with van der Waals surface area (Å²) in [4.78, 5) is 8.78. The van der Waals surface area contributed by atoms with Gasteiger partial charge in [-0.1, -0.05) is 40.9 Å². The van der Waals surface area contributed by atoms with Crippen molar-refractivity contribution in [2.24, 2.45) is 0 Å². The number of anilines is 1. The maximum Gasteiger partial charge on any atom is 0.246 e. The van der Waals surface area contributed by atoms with Crippen LogP contribution in [0.2, 0.25) is 15.1 Å². The summed E-state index contributed by atoms with van der Waals surface area (Å²) in [6, 6.07) is 8.56. The summed E-state index contributed by atoms with van der Waals surface area (Å²) in [5.41, 5.74) is 2.86. The molecule has 13 heteroatoms. The Labute approximate surface area is 225 Å². The van der Waals surface area contributed by atoms with Gasteiger partial charge in [0.1, 0.15) is 24.2 Å². The monoisotopic (exact) mass is 560 g/mol. The molecule has 1 saturated heterocycles. The topological polar surface area (TPSA) is 92.5 Å². The molecule has 1 fully saturated rings. The Bertz CT molecular complexity index is 1500. The zero-order valence-electron chi connectivity index (χ0n) is 18.9. The summed E-state index contributed by atoms with van der Waals surface area (Å²) in [5, 5.41) is 8.01. The maximum atomic E-state index is 13.3. The molecule has 0 amide bonds. The van der Waals surface area contributed by atoms with Crippen LogP contribution >= 0.6 is 34.8 Å². The zero-order valence-corrected chi connectivity index (χ0v) is 22.0. The van der Waals surface area contributed by atoms with Crippen LogP contribution in [0.3, 0.4) is 0 Å². The number of benzene rings is 1. The Morgan fingerprint density at radius 1 is 1.08 bits per heavy atom. The molecule has 0 unspecified atom stereocenters. The van der Waals surface area contributed by atoms with Gasteiger partial charge in [-0.3, -0.25) is 4.98 Å². The number of hydrogen-bond donors (Lipinski definition) is 1. The number of piperidine rings is 1. The summed E-state index contributed by atoms with van der Waals surface area (Å²) in [6.45, 7) is 1.14. The average Bonchev–Trinajstić information content (AvgIpc) is 3.23. The van der Waals surface area contributed by atoms with Gasteiger partial charge in [0.25, 0.3) is 0 Å². The minimum Gasteiger partial charge on any atom is -0.366 e. The molecule has 1 aliphatic rings. The van der Waals surface area contributed by atoms with Crippen molar-refractivity contribution in [3.05, 3.63) is 75.2 Å². The molecule has 0 saturated carbocycles. The van der Waals surface area contributed by atoms with Crippen LogP contribution in [0.1, 0.15) is 30.0 Å². The summed E-state index contributed by atoms with van der Waals surface area (Å²) in [5.74, 6) is 0.774. The highest BCUT2D eigenvalue weighted by Gasteiger charge is 2.34. The molecule has 4 aromatic rings. The number of sulfonamides is 1. The van der Waals surface area contributed by atoms with Crippen LogP contribution in [0.25, 0.3) is 5.65 Å². The van der Waals surface area contributed by atoms with Crippen LogP contribution in [0.15, 0.2) is 53.8 Å². The molecule has 1 aromatic carbocycles. The fourth-order valence-corrected chi connectivity index (χ4v) is 7.29. The molecule has 0 atom stereocenters. The van der Waals surface area contributed by atoms with Crippen molar-refractivity contribution in [1.29, 1.82) is 0 Å². The largest absolute Gasteiger partial charge is 0.366 e. The molecule has 4 heterocycles. The van der Waals surface area contributed by atoms with Crippen LogP contribution in [-0.4, -0.2) is 53.2 Å². The minimum absolute atomic E-state index is 0.00211.